The maximum absolute atomic E-state index is 12.0. The van der Waals surface area contributed by atoms with Crippen LogP contribution in [0.15, 0.2) is 5.16 Å². The molecule has 0 saturated heterocycles. The predicted molar refractivity (Wildman–Crippen MR) is 61.3 cm³/mol. The maximum Gasteiger partial charge on any atom is 0.235 e. The molecule has 0 bridgehead atoms. The summed E-state index contributed by atoms with van der Waals surface area (Å²) in [5.41, 5.74) is 4.48. The van der Waals surface area contributed by atoms with Gasteiger partial charge in [0.25, 0.3) is 0 Å². The van der Waals surface area contributed by atoms with E-state index >= 15 is 0 Å². The number of hydrogen-bond acceptors (Lipinski definition) is 4. The van der Waals surface area contributed by atoms with Crippen molar-refractivity contribution in [3.8, 4) is 0 Å². The minimum Gasteiger partial charge on any atom is -0.409 e. The second-order valence-electron chi connectivity index (χ2n) is 4.18. The van der Waals surface area contributed by atoms with Gasteiger partial charge in [0, 0.05) is 27.3 Å². The van der Waals surface area contributed by atoms with Crippen molar-refractivity contribution < 1.29 is 14.7 Å². The fourth-order valence-corrected chi connectivity index (χ4v) is 1.26. The van der Waals surface area contributed by atoms with E-state index in [0.717, 1.165) is 6.42 Å². The maximum atomic E-state index is 12.0. The monoisotopic (exact) mass is 231 g/mol. The van der Waals surface area contributed by atoms with Gasteiger partial charge in [-0.05, 0) is 20.3 Å². The molecule has 0 aliphatic rings. The smallest absolute Gasteiger partial charge is 0.235 e. The van der Waals surface area contributed by atoms with Gasteiger partial charge in [-0.2, -0.15) is 0 Å². The molecule has 0 aromatic carbocycles. The number of rotatable bonds is 6. The summed E-state index contributed by atoms with van der Waals surface area (Å²) in [6, 6.07) is 0. The number of carbonyl (C=O) groups excluding carboxylic acids is 1. The van der Waals surface area contributed by atoms with Gasteiger partial charge in [-0.1, -0.05) is 5.16 Å². The molecule has 0 spiro atoms. The fourth-order valence-electron chi connectivity index (χ4n) is 1.26. The van der Waals surface area contributed by atoms with Crippen LogP contribution in [0.3, 0.4) is 0 Å². The van der Waals surface area contributed by atoms with Gasteiger partial charge in [0.15, 0.2) is 5.84 Å². The van der Waals surface area contributed by atoms with Gasteiger partial charge in [0.2, 0.25) is 5.91 Å². The van der Waals surface area contributed by atoms with Crippen LogP contribution in [0.2, 0.25) is 0 Å². The zero-order valence-electron chi connectivity index (χ0n) is 10.4. The van der Waals surface area contributed by atoms with Crippen LogP contribution < -0.4 is 5.73 Å². The first-order valence-electron chi connectivity index (χ1n) is 5.10. The number of carbonyl (C=O) groups is 1. The molecular weight excluding hydrogens is 210 g/mol. The first-order chi connectivity index (χ1) is 7.37. The Bertz CT molecular complexity index is 264. The van der Waals surface area contributed by atoms with Gasteiger partial charge < -0.3 is 20.6 Å². The van der Waals surface area contributed by atoms with Crippen LogP contribution in [-0.2, 0) is 9.53 Å². The van der Waals surface area contributed by atoms with E-state index in [-0.39, 0.29) is 11.7 Å². The van der Waals surface area contributed by atoms with Crippen LogP contribution in [0.25, 0.3) is 0 Å². The molecule has 0 saturated carbocycles. The largest absolute Gasteiger partial charge is 0.409 e. The van der Waals surface area contributed by atoms with E-state index in [1.807, 2.05) is 0 Å². The lowest BCUT2D eigenvalue weighted by Crippen LogP contribution is -2.47. The average molecular weight is 231 g/mol. The molecule has 94 valence electrons. The number of amides is 1. The normalized spacial score (nSPS) is 12.6. The van der Waals surface area contributed by atoms with Crippen molar-refractivity contribution in [3.05, 3.63) is 0 Å². The molecule has 0 aliphatic heterocycles. The molecule has 1 amide bonds. The molecule has 0 aromatic heterocycles. The fraction of sp³-hybridized carbons (Fsp3) is 0.800. The Morgan fingerprint density at radius 3 is 2.56 bits per heavy atom. The van der Waals surface area contributed by atoms with Gasteiger partial charge >= 0.3 is 0 Å². The molecule has 0 radical (unpaired) electrons. The van der Waals surface area contributed by atoms with Crippen molar-refractivity contribution in [2.45, 2.75) is 20.3 Å². The van der Waals surface area contributed by atoms with Crippen molar-refractivity contribution in [1.29, 1.82) is 0 Å². The minimum absolute atomic E-state index is 0.0870. The summed E-state index contributed by atoms with van der Waals surface area (Å²) in [6.07, 6.45) is 0.755. The summed E-state index contributed by atoms with van der Waals surface area (Å²) >= 11 is 0. The summed E-state index contributed by atoms with van der Waals surface area (Å²) in [6.45, 7) is 4.42. The summed E-state index contributed by atoms with van der Waals surface area (Å²) in [5, 5.41) is 11.5. The molecule has 0 unspecified atom stereocenters. The first-order valence-corrected chi connectivity index (χ1v) is 5.10. The van der Waals surface area contributed by atoms with E-state index in [0.29, 0.717) is 13.2 Å². The highest BCUT2D eigenvalue weighted by atomic mass is 16.5. The van der Waals surface area contributed by atoms with Gasteiger partial charge in [-0.3, -0.25) is 4.79 Å². The molecule has 0 heterocycles. The van der Waals surface area contributed by atoms with Crippen LogP contribution in [0.4, 0.5) is 0 Å². The van der Waals surface area contributed by atoms with Gasteiger partial charge in [0.05, 0.1) is 0 Å². The van der Waals surface area contributed by atoms with Crippen molar-refractivity contribution in [1.82, 2.24) is 4.90 Å². The summed E-state index contributed by atoms with van der Waals surface area (Å²) in [4.78, 5) is 13.5. The molecule has 6 nitrogen and oxygen atoms in total. The second kappa shape index (κ2) is 6.32. The molecule has 16 heavy (non-hydrogen) atoms. The van der Waals surface area contributed by atoms with Crippen LogP contribution in [0.1, 0.15) is 20.3 Å². The number of nitrogens with two attached hydrogens (primary N) is 1. The Balaban J connectivity index is 4.42. The van der Waals surface area contributed by atoms with E-state index in [1.165, 1.54) is 0 Å². The third-order valence-electron chi connectivity index (χ3n) is 2.47. The third-order valence-corrected chi connectivity index (χ3v) is 2.47. The molecule has 6 heteroatoms. The summed E-state index contributed by atoms with van der Waals surface area (Å²) < 4.78 is 4.90. The lowest BCUT2D eigenvalue weighted by Gasteiger charge is -2.28. The molecular formula is C10H21N3O3. The number of oxime groups is 1. The SMILES string of the molecule is COCCCN(C)C(=O)C(C)(C)C(N)=NO. The Labute approximate surface area is 96.0 Å². The Hall–Kier alpha value is -1.30. The summed E-state index contributed by atoms with van der Waals surface area (Å²) in [7, 11) is 3.30. The first kappa shape index (κ1) is 14.7. The second-order valence-corrected chi connectivity index (χ2v) is 4.18. The molecule has 0 fully saturated rings. The Morgan fingerprint density at radius 2 is 2.12 bits per heavy atom. The van der Waals surface area contributed by atoms with Crippen molar-refractivity contribution >= 4 is 11.7 Å². The molecule has 0 atom stereocenters. The van der Waals surface area contributed by atoms with Crippen LogP contribution in [0.5, 0.6) is 0 Å². The number of methoxy groups -OCH3 is 1. The molecule has 0 rings (SSSR count). The topological polar surface area (TPSA) is 88.2 Å². The van der Waals surface area contributed by atoms with E-state index < -0.39 is 5.41 Å². The molecule has 0 aliphatic carbocycles. The van der Waals surface area contributed by atoms with Gasteiger partial charge in [-0.25, -0.2) is 0 Å². The van der Waals surface area contributed by atoms with E-state index in [9.17, 15) is 4.79 Å². The minimum atomic E-state index is -0.990. The Kier molecular flexibility index (Phi) is 5.81. The average Bonchev–Trinajstić information content (AvgIpc) is 2.26. The lowest BCUT2D eigenvalue weighted by molar-refractivity contribution is -0.135. The van der Waals surface area contributed by atoms with Gasteiger partial charge in [-0.15, -0.1) is 0 Å². The molecule has 3 N–H and O–H groups in total. The van der Waals surface area contributed by atoms with E-state index in [4.69, 9.17) is 15.7 Å². The molecule has 0 aromatic rings. The third kappa shape index (κ3) is 3.69. The van der Waals surface area contributed by atoms with Gasteiger partial charge in [0.1, 0.15) is 5.41 Å². The zero-order chi connectivity index (χ0) is 12.8. The van der Waals surface area contributed by atoms with Crippen LogP contribution in [-0.4, -0.2) is 49.2 Å². The predicted octanol–water partition coefficient (Wildman–Crippen LogP) is 0.254. The lowest BCUT2D eigenvalue weighted by atomic mass is 9.90. The highest BCUT2D eigenvalue weighted by Crippen LogP contribution is 2.18. The standard InChI is InChI=1S/C10H21N3O3/c1-10(2,8(11)12-15)9(14)13(3)6-5-7-16-4/h15H,5-7H2,1-4H3,(H2,11,12). The highest BCUT2D eigenvalue weighted by molar-refractivity contribution is 6.05. The Morgan fingerprint density at radius 1 is 1.56 bits per heavy atom. The highest BCUT2D eigenvalue weighted by Gasteiger charge is 2.34. The zero-order valence-corrected chi connectivity index (χ0v) is 10.4. The number of amidine groups is 1. The number of nitrogens with zero attached hydrogens (tertiary/aromatic N) is 2. The van der Waals surface area contributed by atoms with E-state index in [1.54, 1.807) is 32.9 Å². The number of hydrogen-bond donors (Lipinski definition) is 2. The van der Waals surface area contributed by atoms with Crippen molar-refractivity contribution in [3.63, 3.8) is 0 Å². The number of ether oxygens (including phenoxy) is 1. The van der Waals surface area contributed by atoms with Crippen LogP contribution >= 0.6 is 0 Å². The van der Waals surface area contributed by atoms with Crippen molar-refractivity contribution in [2.24, 2.45) is 16.3 Å². The quantitative estimate of drug-likeness (QED) is 0.225. The van der Waals surface area contributed by atoms with E-state index in [2.05, 4.69) is 5.16 Å². The van der Waals surface area contributed by atoms with Crippen LogP contribution in [0, 0.1) is 5.41 Å². The summed E-state index contributed by atoms with van der Waals surface area (Å²) in [5.74, 6) is -0.269. The van der Waals surface area contributed by atoms with Crippen molar-refractivity contribution in [2.75, 3.05) is 27.3 Å².